The average molecular weight is 322 g/mol. The monoisotopic (exact) mass is 321 g/mol. The van der Waals surface area contributed by atoms with E-state index in [0.717, 1.165) is 11.6 Å². The van der Waals surface area contributed by atoms with Crippen molar-refractivity contribution in [3.63, 3.8) is 0 Å². The number of nitrogens with two attached hydrogens (primary N) is 1. The number of benzene rings is 1. The van der Waals surface area contributed by atoms with E-state index >= 15 is 0 Å². The Balaban J connectivity index is 2.87. The predicted octanol–water partition coefficient (Wildman–Crippen LogP) is 1.12. The van der Waals surface area contributed by atoms with E-state index in [1.807, 2.05) is 0 Å². The second-order valence-electron chi connectivity index (χ2n) is 3.45. The van der Waals surface area contributed by atoms with E-state index in [1.54, 1.807) is 18.2 Å². The lowest BCUT2D eigenvalue weighted by Crippen LogP contribution is -2.19. The first-order chi connectivity index (χ1) is 7.84. The number of rotatable bonds is 4. The first-order valence-corrected chi connectivity index (χ1v) is 7.26. The second-order valence-corrected chi connectivity index (χ2v) is 6.43. The number of carbonyl (C=O) groups is 1. The number of esters is 1. The van der Waals surface area contributed by atoms with Crippen LogP contribution in [0.5, 0.6) is 0 Å². The highest BCUT2D eigenvalue weighted by Crippen LogP contribution is 2.20. The van der Waals surface area contributed by atoms with Gasteiger partial charge in [0.2, 0.25) is 0 Å². The van der Waals surface area contributed by atoms with Crippen LogP contribution in [0.3, 0.4) is 0 Å². The molecule has 0 saturated carbocycles. The third-order valence-electron chi connectivity index (χ3n) is 2.05. The van der Waals surface area contributed by atoms with Gasteiger partial charge in [0.15, 0.2) is 9.84 Å². The maximum absolute atomic E-state index is 11.6. The fourth-order valence-electron chi connectivity index (χ4n) is 1.22. The maximum atomic E-state index is 11.6. The van der Waals surface area contributed by atoms with Gasteiger partial charge in [-0.15, -0.1) is 0 Å². The molecular weight excluding hydrogens is 310 g/mol. The van der Waals surface area contributed by atoms with Crippen LogP contribution in [0, 0.1) is 0 Å². The first kappa shape index (κ1) is 14.0. The molecule has 1 rings (SSSR count). The summed E-state index contributed by atoms with van der Waals surface area (Å²) in [6.07, 6.45) is 0. The summed E-state index contributed by atoms with van der Waals surface area (Å²) in [7, 11) is -2.41. The zero-order valence-corrected chi connectivity index (χ0v) is 11.5. The summed E-state index contributed by atoms with van der Waals surface area (Å²) in [6, 6.07) is 4.91. The molecule has 7 heteroatoms. The lowest BCUT2D eigenvalue weighted by molar-refractivity contribution is -0.137. The summed E-state index contributed by atoms with van der Waals surface area (Å²) in [5.41, 5.74) is 6.52. The molecule has 0 aromatic heterocycles. The van der Waals surface area contributed by atoms with Crippen molar-refractivity contribution in [2.75, 3.05) is 18.6 Å². The van der Waals surface area contributed by atoms with E-state index in [0.29, 0.717) is 11.3 Å². The van der Waals surface area contributed by atoms with Crippen LogP contribution in [0.15, 0.2) is 22.7 Å². The highest BCUT2D eigenvalue weighted by atomic mass is 79.9. The Morgan fingerprint density at radius 3 is 2.65 bits per heavy atom. The van der Waals surface area contributed by atoms with Crippen LogP contribution in [-0.2, 0) is 25.1 Å². The van der Waals surface area contributed by atoms with Crippen LogP contribution >= 0.6 is 15.9 Å². The highest BCUT2D eigenvalue weighted by Gasteiger charge is 2.19. The fourth-order valence-corrected chi connectivity index (χ4v) is 2.92. The summed E-state index contributed by atoms with van der Waals surface area (Å²) in [5, 5.41) is 0. The number of methoxy groups -OCH3 is 1. The molecule has 1 aromatic rings. The SMILES string of the molecule is COC(=O)CS(=O)(=O)Cc1ccc(Br)cc1N. The molecule has 17 heavy (non-hydrogen) atoms. The lowest BCUT2D eigenvalue weighted by atomic mass is 10.2. The average Bonchev–Trinajstić information content (AvgIpc) is 2.21. The van der Waals surface area contributed by atoms with Gasteiger partial charge in [-0.1, -0.05) is 22.0 Å². The molecule has 0 aliphatic rings. The van der Waals surface area contributed by atoms with Gasteiger partial charge in [0, 0.05) is 10.2 Å². The molecule has 0 spiro atoms. The minimum atomic E-state index is -3.55. The van der Waals surface area contributed by atoms with Crippen LogP contribution < -0.4 is 5.73 Å². The standard InChI is InChI=1S/C10H12BrNO4S/c1-16-10(13)6-17(14,15)5-7-2-3-8(11)4-9(7)12/h2-4H,5-6,12H2,1H3. The second kappa shape index (κ2) is 5.50. The molecule has 0 unspecified atom stereocenters. The number of anilines is 1. The van der Waals surface area contributed by atoms with E-state index in [9.17, 15) is 13.2 Å². The van der Waals surface area contributed by atoms with Crippen LogP contribution in [-0.4, -0.2) is 27.2 Å². The third-order valence-corrected chi connectivity index (χ3v) is 3.97. The van der Waals surface area contributed by atoms with Crippen LogP contribution in [0.25, 0.3) is 0 Å². The summed E-state index contributed by atoms with van der Waals surface area (Å²) >= 11 is 3.22. The Hall–Kier alpha value is -1.08. The lowest BCUT2D eigenvalue weighted by Gasteiger charge is -2.06. The molecule has 94 valence electrons. The number of halogens is 1. The molecule has 0 fully saturated rings. The fraction of sp³-hybridized carbons (Fsp3) is 0.300. The quantitative estimate of drug-likeness (QED) is 0.663. The van der Waals surface area contributed by atoms with Crippen LogP contribution in [0.2, 0.25) is 0 Å². The molecule has 0 aliphatic carbocycles. The van der Waals surface area contributed by atoms with Crippen molar-refractivity contribution in [2.24, 2.45) is 0 Å². The third kappa shape index (κ3) is 4.35. The Morgan fingerprint density at radius 1 is 1.47 bits per heavy atom. The van der Waals surface area contributed by atoms with Crippen molar-refractivity contribution < 1.29 is 17.9 Å². The van der Waals surface area contributed by atoms with Crippen molar-refractivity contribution >= 4 is 37.4 Å². The Labute approximate surface area is 108 Å². The van der Waals surface area contributed by atoms with Gasteiger partial charge >= 0.3 is 5.97 Å². The van der Waals surface area contributed by atoms with Gasteiger partial charge in [-0.25, -0.2) is 8.42 Å². The molecule has 0 radical (unpaired) electrons. The summed E-state index contributed by atoms with van der Waals surface area (Å²) in [6.45, 7) is 0. The minimum Gasteiger partial charge on any atom is -0.468 e. The summed E-state index contributed by atoms with van der Waals surface area (Å²) in [5.74, 6) is -1.69. The molecule has 0 atom stereocenters. The molecule has 0 saturated heterocycles. The number of carbonyl (C=O) groups excluding carboxylic acids is 1. The van der Waals surface area contributed by atoms with Crippen molar-refractivity contribution in [1.29, 1.82) is 0 Å². The topological polar surface area (TPSA) is 86.5 Å². The number of hydrogen-bond acceptors (Lipinski definition) is 5. The van der Waals surface area contributed by atoms with Crippen molar-refractivity contribution in [3.05, 3.63) is 28.2 Å². The molecular formula is C10H12BrNO4S. The van der Waals surface area contributed by atoms with Gasteiger partial charge < -0.3 is 10.5 Å². The molecule has 0 bridgehead atoms. The normalized spacial score (nSPS) is 11.2. The van der Waals surface area contributed by atoms with Crippen molar-refractivity contribution in [1.82, 2.24) is 0 Å². The van der Waals surface area contributed by atoms with Gasteiger partial charge in [-0.05, 0) is 17.7 Å². The molecule has 0 heterocycles. The Morgan fingerprint density at radius 2 is 2.12 bits per heavy atom. The predicted molar refractivity (Wildman–Crippen MR) is 68.1 cm³/mol. The Kier molecular flexibility index (Phi) is 4.53. The number of sulfone groups is 1. The smallest absolute Gasteiger partial charge is 0.320 e. The van der Waals surface area contributed by atoms with E-state index in [-0.39, 0.29) is 5.75 Å². The zero-order valence-electron chi connectivity index (χ0n) is 9.14. The van der Waals surface area contributed by atoms with Gasteiger partial charge in [0.05, 0.1) is 12.9 Å². The van der Waals surface area contributed by atoms with E-state index in [1.165, 1.54) is 0 Å². The largest absolute Gasteiger partial charge is 0.468 e. The number of nitrogen functional groups attached to an aromatic ring is 1. The van der Waals surface area contributed by atoms with Crippen LogP contribution in [0.4, 0.5) is 5.69 Å². The molecule has 2 N–H and O–H groups in total. The number of ether oxygens (including phenoxy) is 1. The first-order valence-electron chi connectivity index (χ1n) is 4.65. The van der Waals surface area contributed by atoms with Gasteiger partial charge in [0.1, 0.15) is 5.75 Å². The molecule has 0 amide bonds. The van der Waals surface area contributed by atoms with E-state index < -0.39 is 21.6 Å². The van der Waals surface area contributed by atoms with E-state index in [4.69, 9.17) is 5.73 Å². The van der Waals surface area contributed by atoms with Crippen molar-refractivity contribution in [3.8, 4) is 0 Å². The van der Waals surface area contributed by atoms with Gasteiger partial charge in [0.25, 0.3) is 0 Å². The maximum Gasteiger partial charge on any atom is 0.320 e. The van der Waals surface area contributed by atoms with E-state index in [2.05, 4.69) is 20.7 Å². The minimum absolute atomic E-state index is 0.277. The highest BCUT2D eigenvalue weighted by molar-refractivity contribution is 9.10. The molecule has 0 aliphatic heterocycles. The zero-order chi connectivity index (χ0) is 13.1. The summed E-state index contributed by atoms with van der Waals surface area (Å²) in [4.78, 5) is 10.9. The molecule has 5 nitrogen and oxygen atoms in total. The Bertz CT molecular complexity index is 527. The van der Waals surface area contributed by atoms with Crippen LogP contribution in [0.1, 0.15) is 5.56 Å². The van der Waals surface area contributed by atoms with Gasteiger partial charge in [-0.3, -0.25) is 4.79 Å². The summed E-state index contributed by atoms with van der Waals surface area (Å²) < 4.78 is 28.4. The van der Waals surface area contributed by atoms with Crippen molar-refractivity contribution in [2.45, 2.75) is 5.75 Å². The number of hydrogen-bond donors (Lipinski definition) is 1. The molecule has 1 aromatic carbocycles. The van der Waals surface area contributed by atoms with Gasteiger partial charge in [-0.2, -0.15) is 0 Å².